The predicted molar refractivity (Wildman–Crippen MR) is 116 cm³/mol. The van der Waals surface area contributed by atoms with Gasteiger partial charge in [0.15, 0.2) is 11.6 Å². The number of rotatable bonds is 4. The van der Waals surface area contributed by atoms with Gasteiger partial charge in [-0.05, 0) is 52.7 Å². The van der Waals surface area contributed by atoms with Crippen LogP contribution >= 0.6 is 0 Å². The van der Waals surface area contributed by atoms with Gasteiger partial charge in [-0.15, -0.1) is 0 Å². The Morgan fingerprint density at radius 1 is 1.03 bits per heavy atom. The monoisotopic (exact) mass is 392 g/mol. The van der Waals surface area contributed by atoms with Gasteiger partial charge in [0.1, 0.15) is 17.5 Å². The highest BCUT2D eigenvalue weighted by Crippen LogP contribution is 2.35. The Morgan fingerprint density at radius 2 is 1.76 bits per heavy atom. The fourth-order valence-corrected chi connectivity index (χ4v) is 4.46. The Morgan fingerprint density at radius 3 is 2.52 bits per heavy atom. The number of pyridine rings is 1. The van der Waals surface area contributed by atoms with Crippen molar-refractivity contribution in [3.63, 3.8) is 0 Å². The van der Waals surface area contributed by atoms with Crippen LogP contribution in [0.5, 0.6) is 11.6 Å². The van der Waals surface area contributed by atoms with E-state index in [-0.39, 0.29) is 17.1 Å². The van der Waals surface area contributed by atoms with E-state index in [9.17, 15) is 0 Å². The lowest BCUT2D eigenvalue weighted by molar-refractivity contribution is 0.170. The topological polar surface area (TPSA) is 98.0 Å². The van der Waals surface area contributed by atoms with E-state index in [4.69, 9.17) is 10.5 Å². The molecule has 3 heterocycles. The number of fused-ring (bicyclic) bond motifs is 1. The molecule has 4 N–H and O–H groups in total. The van der Waals surface area contributed by atoms with Gasteiger partial charge < -0.3 is 21.1 Å². The molecular formula is C22H28N6O. The Labute approximate surface area is 171 Å². The van der Waals surface area contributed by atoms with Crippen molar-refractivity contribution in [3.8, 4) is 11.6 Å². The zero-order valence-electron chi connectivity index (χ0n) is 17.4. The molecule has 0 saturated carbocycles. The van der Waals surface area contributed by atoms with Crippen molar-refractivity contribution in [1.29, 1.82) is 0 Å². The molecule has 0 unspecified atom stereocenters. The summed E-state index contributed by atoms with van der Waals surface area (Å²) in [5.41, 5.74) is 7.59. The smallest absolute Gasteiger partial charge is 0.248 e. The summed E-state index contributed by atoms with van der Waals surface area (Å²) in [5.74, 6) is 1.54. The van der Waals surface area contributed by atoms with Crippen molar-refractivity contribution >= 4 is 22.4 Å². The van der Waals surface area contributed by atoms with E-state index < -0.39 is 0 Å². The van der Waals surface area contributed by atoms with Crippen molar-refractivity contribution < 1.29 is 4.74 Å². The van der Waals surface area contributed by atoms with Gasteiger partial charge in [0.25, 0.3) is 0 Å². The van der Waals surface area contributed by atoms with Gasteiger partial charge in [-0.25, -0.2) is 4.98 Å². The molecule has 1 saturated heterocycles. The maximum atomic E-state index is 6.38. The molecule has 152 valence electrons. The number of hydrogen-bond acceptors (Lipinski definition) is 7. The summed E-state index contributed by atoms with van der Waals surface area (Å²) >= 11 is 0. The van der Waals surface area contributed by atoms with Crippen LogP contribution in [0.3, 0.4) is 0 Å². The summed E-state index contributed by atoms with van der Waals surface area (Å²) in [6.45, 7) is 8.86. The summed E-state index contributed by atoms with van der Waals surface area (Å²) < 4.78 is 6.04. The van der Waals surface area contributed by atoms with Gasteiger partial charge in [0.2, 0.25) is 5.88 Å². The number of hydrogen-bond donors (Lipinski definition) is 3. The zero-order valence-corrected chi connectivity index (χ0v) is 17.4. The van der Waals surface area contributed by atoms with E-state index >= 15 is 0 Å². The van der Waals surface area contributed by atoms with Gasteiger partial charge in [-0.1, -0.05) is 18.2 Å². The quantitative estimate of drug-likeness (QED) is 0.614. The lowest BCUT2D eigenvalue weighted by atomic mass is 9.79. The number of anilines is 2. The largest absolute Gasteiger partial charge is 0.435 e. The van der Waals surface area contributed by atoms with Crippen molar-refractivity contribution in [2.24, 2.45) is 0 Å². The molecule has 1 aromatic carbocycles. The molecule has 7 heteroatoms. The van der Waals surface area contributed by atoms with Crippen molar-refractivity contribution in [2.45, 2.75) is 57.7 Å². The standard InChI is InChI=1S/C22H28N6O/c1-21(2)11-15(12-22(3,4)28-21)27-19-17(23)20(26-13-25-19)29-16-9-5-7-14-8-6-10-24-18(14)16/h5-10,13,15,28H,11-12,23H2,1-4H3,(H,25,26,27). The molecule has 0 bridgehead atoms. The molecule has 3 aromatic rings. The summed E-state index contributed by atoms with van der Waals surface area (Å²) in [7, 11) is 0. The number of ether oxygens (including phenoxy) is 1. The van der Waals surface area contributed by atoms with Crippen LogP contribution in [0.15, 0.2) is 42.9 Å². The molecule has 0 aliphatic carbocycles. The second-order valence-electron chi connectivity index (χ2n) is 9.02. The number of nitrogens with two attached hydrogens (primary N) is 1. The maximum Gasteiger partial charge on any atom is 0.248 e. The van der Waals surface area contributed by atoms with Crippen molar-refractivity contribution in [2.75, 3.05) is 11.1 Å². The lowest BCUT2D eigenvalue weighted by Gasteiger charge is -2.46. The number of nitrogens with one attached hydrogen (secondary N) is 2. The van der Waals surface area contributed by atoms with E-state index in [2.05, 4.69) is 53.3 Å². The van der Waals surface area contributed by atoms with E-state index in [1.54, 1.807) is 6.20 Å². The second kappa shape index (κ2) is 7.15. The van der Waals surface area contributed by atoms with E-state index in [0.29, 0.717) is 23.1 Å². The minimum absolute atomic E-state index is 0.0230. The summed E-state index contributed by atoms with van der Waals surface area (Å²) in [6.07, 6.45) is 5.14. The molecule has 0 spiro atoms. The highest BCUT2D eigenvalue weighted by atomic mass is 16.5. The highest BCUT2D eigenvalue weighted by molar-refractivity contribution is 5.84. The summed E-state index contributed by atoms with van der Waals surface area (Å²) in [4.78, 5) is 13.0. The molecule has 0 amide bonds. The molecule has 4 rings (SSSR count). The maximum absolute atomic E-state index is 6.38. The van der Waals surface area contributed by atoms with Gasteiger partial charge >= 0.3 is 0 Å². The second-order valence-corrected chi connectivity index (χ2v) is 9.02. The number of benzene rings is 1. The van der Waals surface area contributed by atoms with Crippen LogP contribution in [0.1, 0.15) is 40.5 Å². The number of nitrogen functional groups attached to an aromatic ring is 1. The summed E-state index contributed by atoms with van der Waals surface area (Å²) in [5, 5.41) is 8.20. The first-order valence-electron chi connectivity index (χ1n) is 9.90. The third-order valence-electron chi connectivity index (χ3n) is 5.18. The number of aromatic nitrogens is 3. The third-order valence-corrected chi connectivity index (χ3v) is 5.18. The molecule has 29 heavy (non-hydrogen) atoms. The predicted octanol–water partition coefficient (Wildman–Crippen LogP) is 4.12. The molecule has 1 aliphatic heterocycles. The van der Waals surface area contributed by atoms with Crippen LogP contribution in [0.2, 0.25) is 0 Å². The molecule has 0 radical (unpaired) electrons. The molecular weight excluding hydrogens is 364 g/mol. The van der Waals surface area contributed by atoms with Gasteiger partial charge in [-0.2, -0.15) is 4.98 Å². The Kier molecular flexibility index (Phi) is 4.78. The first kappa shape index (κ1) is 19.4. The average Bonchev–Trinajstić information content (AvgIpc) is 2.63. The van der Waals surface area contributed by atoms with E-state index in [1.807, 2.05) is 30.3 Å². The minimum Gasteiger partial charge on any atom is -0.435 e. The Bertz CT molecular complexity index is 1010. The fourth-order valence-electron chi connectivity index (χ4n) is 4.46. The minimum atomic E-state index is 0.0230. The van der Waals surface area contributed by atoms with Crippen LogP contribution in [-0.2, 0) is 0 Å². The summed E-state index contributed by atoms with van der Waals surface area (Å²) in [6, 6.07) is 9.91. The van der Waals surface area contributed by atoms with Gasteiger partial charge in [0.05, 0.1) is 0 Å². The van der Waals surface area contributed by atoms with Crippen LogP contribution in [0, 0.1) is 0 Å². The van der Waals surface area contributed by atoms with Crippen LogP contribution in [0.25, 0.3) is 10.9 Å². The molecule has 7 nitrogen and oxygen atoms in total. The molecule has 1 aliphatic rings. The first-order chi connectivity index (χ1) is 13.7. The molecule has 2 aromatic heterocycles. The number of piperidine rings is 1. The van der Waals surface area contributed by atoms with Gasteiger partial charge in [-0.3, -0.25) is 4.98 Å². The normalized spacial score (nSPS) is 18.5. The van der Waals surface area contributed by atoms with Crippen LogP contribution in [0.4, 0.5) is 11.5 Å². The zero-order chi connectivity index (χ0) is 20.6. The van der Waals surface area contributed by atoms with E-state index in [1.165, 1.54) is 6.33 Å². The highest BCUT2D eigenvalue weighted by Gasteiger charge is 2.38. The fraction of sp³-hybridized carbons (Fsp3) is 0.409. The Hall–Kier alpha value is -2.93. The molecule has 1 fully saturated rings. The average molecular weight is 393 g/mol. The van der Waals surface area contributed by atoms with Crippen molar-refractivity contribution in [1.82, 2.24) is 20.3 Å². The lowest BCUT2D eigenvalue weighted by Crippen LogP contribution is -2.60. The van der Waals surface area contributed by atoms with Crippen LogP contribution < -0.4 is 21.1 Å². The third kappa shape index (κ3) is 4.24. The molecule has 0 atom stereocenters. The number of para-hydroxylation sites is 1. The van der Waals surface area contributed by atoms with E-state index in [0.717, 1.165) is 23.7 Å². The Balaban J connectivity index is 1.59. The van der Waals surface area contributed by atoms with Crippen LogP contribution in [-0.4, -0.2) is 32.1 Å². The SMILES string of the molecule is CC1(C)CC(Nc2ncnc(Oc3cccc4cccnc34)c2N)CC(C)(C)N1. The number of nitrogens with zero attached hydrogens (tertiary/aromatic N) is 3. The van der Waals surface area contributed by atoms with Gasteiger partial charge in [0, 0.05) is 28.7 Å². The first-order valence-corrected chi connectivity index (χ1v) is 9.90. The van der Waals surface area contributed by atoms with Crippen molar-refractivity contribution in [3.05, 3.63) is 42.9 Å².